The summed E-state index contributed by atoms with van der Waals surface area (Å²) in [6, 6.07) is 40.2. The van der Waals surface area contributed by atoms with Crippen molar-refractivity contribution < 1.29 is 43.3 Å². The van der Waals surface area contributed by atoms with E-state index in [1.807, 2.05) is 109 Å². The summed E-state index contributed by atoms with van der Waals surface area (Å²) in [5.41, 5.74) is 5.26. The van der Waals surface area contributed by atoms with Crippen molar-refractivity contribution in [1.82, 2.24) is 110 Å². The number of para-hydroxylation sites is 4. The molecule has 12 aromatic rings. The van der Waals surface area contributed by atoms with Gasteiger partial charge in [-0.2, -0.15) is 0 Å². The van der Waals surface area contributed by atoms with Gasteiger partial charge in [0.15, 0.2) is 61.7 Å². The molecule has 5 amide bonds. The van der Waals surface area contributed by atoms with Crippen molar-refractivity contribution >= 4 is 132 Å². The third-order valence-corrected chi connectivity index (χ3v) is 25.0. The van der Waals surface area contributed by atoms with Gasteiger partial charge in [0.25, 0.3) is 17.7 Å². The lowest BCUT2D eigenvalue weighted by Gasteiger charge is -2.43. The number of nitrogens with zero attached hydrogens (tertiary/aromatic N) is 24. The number of methoxy groups -OCH3 is 2. The number of hydrogen-bond donors (Lipinski definition) is 6. The first kappa shape index (κ1) is 86.6. The summed E-state index contributed by atoms with van der Waals surface area (Å²) in [4.78, 5) is 166. The summed E-state index contributed by atoms with van der Waals surface area (Å²) >= 11 is 5.83. The molecule has 8 aliphatic rings. The van der Waals surface area contributed by atoms with E-state index in [0.717, 1.165) is 48.7 Å². The van der Waals surface area contributed by atoms with Crippen LogP contribution in [0.25, 0.3) is 44.7 Å². The van der Waals surface area contributed by atoms with Crippen LogP contribution < -0.4 is 81.5 Å². The van der Waals surface area contributed by atoms with Crippen molar-refractivity contribution in [2.24, 2.45) is 28.2 Å². The van der Waals surface area contributed by atoms with Crippen LogP contribution >= 0.6 is 11.6 Å². The molecule has 8 saturated heterocycles. The molecule has 40 nitrogen and oxygen atoms in total. The first-order valence-electron chi connectivity index (χ1n) is 40.8. The number of carboxylic acids is 1. The highest BCUT2D eigenvalue weighted by Crippen LogP contribution is 2.43. The normalized spacial score (nSPS) is 17.6. The lowest BCUT2D eigenvalue weighted by atomic mass is 9.85. The zero-order chi connectivity index (χ0) is 87.6. The zero-order valence-electron chi connectivity index (χ0n) is 70.1. The monoisotopic (exact) mass is 1740 g/mol. The number of aromatic carboxylic acids is 1. The molecule has 4 aromatic carbocycles. The summed E-state index contributed by atoms with van der Waals surface area (Å²) in [6.07, 6.45) is 11.3. The van der Waals surface area contributed by atoms with Crippen molar-refractivity contribution in [2.45, 2.75) is 80.9 Å². The lowest BCUT2D eigenvalue weighted by molar-refractivity contribution is -0.125. The second kappa shape index (κ2) is 35.9. The number of aromatic nitrogens is 16. The van der Waals surface area contributed by atoms with Crippen LogP contribution in [-0.2, 0) is 47.4 Å². The summed E-state index contributed by atoms with van der Waals surface area (Å²) in [6.45, 7) is 7.69. The Hall–Kier alpha value is -14.3. The standard InChI is InChI=1S/C22H26N8O2.C21H23N7O3.C20H21N7O3.C13H17N3O.C8H7ClN4O2.CH4/c1-27(2)20(31)19-26-16-17(28(19)3)23-13-24-18(16)29-11-9-22(10-12-29)21(32)25-14-30(22)15-7-5-4-6-8-15;1-26-16-15(25-18(31-2)19(26)29)17(23-12-22-16)27-10-8-21(9-11-27)20(30)24-13-28(21)14-6-4-3-5-7-14;1-25-15-14(24-17(25)18(28)29)16(22-11-21-15)26-9-7-20(8-10-26)19(30)23-12-27(20)13-5-3-2-4-6-13;17-12-13(6-8-14-9-7-13)16(10-15-12)11-4-2-1-3-5-11;1-13-6-4(5(9)10-3-11-6)12-7(15-2)8(13)14;/h4-8,13H,9-12,14H2,1-3H3,(H,25,32);3-7,12H,8-11,13H2,1-2H3,(H,24,30);2-6,11H,7-10,12H2,1H3,(H,23,30)(H,28,29);1-5,14H,6-10H2,(H,15,17);3H,1-2H3;1H4. The highest BCUT2D eigenvalue weighted by atomic mass is 35.5. The number of aryl methyl sites for hydroxylation is 4. The molecule has 126 heavy (non-hydrogen) atoms. The van der Waals surface area contributed by atoms with Gasteiger partial charge in [-0.05, 0) is 113 Å². The number of rotatable bonds is 11. The minimum atomic E-state index is -1.11. The van der Waals surface area contributed by atoms with E-state index in [9.17, 15) is 43.5 Å². The number of imidazole rings is 2. The van der Waals surface area contributed by atoms with E-state index >= 15 is 0 Å². The maximum atomic E-state index is 12.9. The number of fused-ring (bicyclic) bond motifs is 4. The minimum Gasteiger partial charge on any atom is -0.477 e. The molecule has 0 aliphatic carbocycles. The quantitative estimate of drug-likeness (QED) is 0.0978. The predicted octanol–water partition coefficient (Wildman–Crippen LogP) is 4.38. The van der Waals surface area contributed by atoms with Crippen LogP contribution in [0.15, 0.2) is 156 Å². The van der Waals surface area contributed by atoms with Crippen LogP contribution in [0.4, 0.5) is 40.2 Å². The number of carboxylic acid groups (broad SMARTS) is 1. The van der Waals surface area contributed by atoms with Gasteiger partial charge in [0.05, 0.1) is 40.9 Å². The van der Waals surface area contributed by atoms with Gasteiger partial charge in [-0.3, -0.25) is 42.7 Å². The van der Waals surface area contributed by atoms with Gasteiger partial charge < -0.3 is 89.5 Å². The Balaban J connectivity index is 0.000000125. The van der Waals surface area contributed by atoms with Crippen molar-refractivity contribution in [3.05, 3.63) is 184 Å². The van der Waals surface area contributed by atoms with Gasteiger partial charge >= 0.3 is 17.1 Å². The molecule has 656 valence electrons. The number of amides is 5. The molecule has 8 aliphatic heterocycles. The van der Waals surface area contributed by atoms with E-state index in [1.54, 1.807) is 46.9 Å². The molecule has 0 atom stereocenters. The molecule has 0 unspecified atom stereocenters. The molecular weight excluding hydrogens is 1640 g/mol. The van der Waals surface area contributed by atoms with Crippen molar-refractivity contribution in [2.75, 3.05) is 142 Å². The number of ether oxygens (including phenoxy) is 2. The van der Waals surface area contributed by atoms with Crippen LogP contribution in [-0.4, -0.2) is 253 Å². The largest absolute Gasteiger partial charge is 0.477 e. The van der Waals surface area contributed by atoms with Crippen LogP contribution in [0, 0.1) is 0 Å². The number of piperidine rings is 4. The van der Waals surface area contributed by atoms with Crippen molar-refractivity contribution in [3.8, 4) is 11.8 Å². The summed E-state index contributed by atoms with van der Waals surface area (Å²) in [7, 11) is 12.8. The molecular formula is C85H98ClN29O11. The van der Waals surface area contributed by atoms with E-state index in [1.165, 1.54) is 58.1 Å². The number of hydrogen-bond acceptors (Lipinski definition) is 30. The van der Waals surface area contributed by atoms with Gasteiger partial charge in [-0.1, -0.05) is 91.8 Å². The van der Waals surface area contributed by atoms with Gasteiger partial charge in [-0.25, -0.2) is 64.6 Å². The summed E-state index contributed by atoms with van der Waals surface area (Å²) < 4.78 is 15.9. The summed E-state index contributed by atoms with van der Waals surface area (Å²) in [5, 5.41) is 24.9. The second-order valence-corrected chi connectivity index (χ2v) is 31.8. The molecule has 0 radical (unpaired) electrons. The second-order valence-electron chi connectivity index (χ2n) is 31.5. The van der Waals surface area contributed by atoms with E-state index in [2.05, 4.69) is 133 Å². The topological polar surface area (TPSA) is 436 Å². The van der Waals surface area contributed by atoms with Crippen LogP contribution in [0.3, 0.4) is 0 Å². The van der Waals surface area contributed by atoms with E-state index in [4.69, 9.17) is 21.1 Å². The molecule has 16 heterocycles. The van der Waals surface area contributed by atoms with Crippen molar-refractivity contribution in [3.63, 3.8) is 0 Å². The number of carbonyl (C=O) groups is 6. The predicted molar refractivity (Wildman–Crippen MR) is 473 cm³/mol. The molecule has 6 N–H and O–H groups in total. The van der Waals surface area contributed by atoms with E-state index in [-0.39, 0.29) is 76.4 Å². The van der Waals surface area contributed by atoms with E-state index < -0.39 is 22.6 Å². The smallest absolute Gasteiger partial charge is 0.372 e. The van der Waals surface area contributed by atoms with Crippen LogP contribution in [0.1, 0.15) is 80.0 Å². The van der Waals surface area contributed by atoms with Gasteiger partial charge in [0, 0.05) is 104 Å². The van der Waals surface area contributed by atoms with Gasteiger partial charge in [0.2, 0.25) is 35.3 Å². The molecule has 8 fully saturated rings. The third-order valence-electron chi connectivity index (χ3n) is 24.7. The molecule has 8 aromatic heterocycles. The summed E-state index contributed by atoms with van der Waals surface area (Å²) in [5.74, 6) is 1.23. The highest BCUT2D eigenvalue weighted by Gasteiger charge is 2.54. The molecule has 41 heteroatoms. The minimum absolute atomic E-state index is 0. The van der Waals surface area contributed by atoms with Gasteiger partial charge in [0.1, 0.15) is 53.0 Å². The fraction of sp³-hybridized carbons (Fsp3) is 0.388. The maximum Gasteiger partial charge on any atom is 0.372 e. The number of carbonyl (C=O) groups excluding carboxylic acids is 5. The third kappa shape index (κ3) is 15.7. The Morgan fingerprint density at radius 2 is 0.683 bits per heavy atom. The van der Waals surface area contributed by atoms with Crippen molar-refractivity contribution in [1.29, 1.82) is 0 Å². The first-order valence-corrected chi connectivity index (χ1v) is 41.2. The molecule has 0 saturated carbocycles. The number of halogens is 1. The SMILES string of the molecule is C.CN(C)C(=O)c1nc2c(N3CCC4(CC3)C(=O)NCN4c3ccccc3)ncnc2n1C.COc1nc2c(Cl)ncnc2n(C)c1=O.COc1nc2c(N3CCC4(CC3)C(=O)NCN4c3ccccc3)ncnc2n(C)c1=O.Cn1c(C(=O)O)nc2c(N3CCC4(CC3)C(=O)NCN4c3ccccc3)ncnc21.O=C1NCN(c2ccccc2)C12CCNCC2. The number of nitrogens with one attached hydrogen (secondary N) is 5. The van der Waals surface area contributed by atoms with Crippen LogP contribution in [0.2, 0.25) is 5.15 Å². The van der Waals surface area contributed by atoms with Gasteiger partial charge in [-0.15, -0.1) is 0 Å². The highest BCUT2D eigenvalue weighted by molar-refractivity contribution is 6.33. The first-order chi connectivity index (χ1) is 60.5. The maximum absolute atomic E-state index is 12.9. The van der Waals surface area contributed by atoms with Crippen LogP contribution in [0.5, 0.6) is 11.8 Å². The Bertz CT molecular complexity index is 6200. The molecule has 0 bridgehead atoms. The molecule has 20 rings (SSSR count). The zero-order valence-corrected chi connectivity index (χ0v) is 70.9. The number of anilines is 7. The Morgan fingerprint density at radius 3 is 1.01 bits per heavy atom. The number of benzene rings is 4. The Morgan fingerprint density at radius 1 is 0.397 bits per heavy atom. The Kier molecular flexibility index (Phi) is 24.7. The Labute approximate surface area is 728 Å². The average molecular weight is 1740 g/mol. The average Bonchev–Trinajstić information content (AvgIpc) is 1.56. The fourth-order valence-electron chi connectivity index (χ4n) is 17.9. The molecule has 4 spiro atoms. The van der Waals surface area contributed by atoms with E-state index in [0.29, 0.717) is 172 Å². The lowest BCUT2D eigenvalue weighted by Crippen LogP contribution is -2.56. The fourth-order valence-corrected chi connectivity index (χ4v) is 18.1.